The Balaban J connectivity index is 1.59. The smallest absolute Gasteiger partial charge is 0.317 e. The fraction of sp³-hybridized carbons (Fsp3) is 0.556. The van der Waals surface area contributed by atoms with Gasteiger partial charge < -0.3 is 15.2 Å². The summed E-state index contributed by atoms with van der Waals surface area (Å²) in [6.07, 6.45) is 3.57. The Kier molecular flexibility index (Phi) is 5.59. The Morgan fingerprint density at radius 2 is 2.07 bits per heavy atom. The van der Waals surface area contributed by atoms with E-state index in [2.05, 4.69) is 5.32 Å². The standard InChI is InChI=1S/C18H23N3O6/c1-27-14-4-5-16(21(25)26)15(8-14)18(24)19-12-6-13(7-12)20(10-17(22)23)9-11-2-3-11/h4-5,8,11-13H,2-3,6-7,9-10H2,1H3,(H,19,24)(H,22,23). The number of nitrogens with zero attached hydrogens (tertiary/aromatic N) is 2. The Hall–Kier alpha value is -2.68. The van der Waals surface area contributed by atoms with Crippen LogP contribution in [-0.4, -0.2) is 59.1 Å². The van der Waals surface area contributed by atoms with Crippen LogP contribution in [0.3, 0.4) is 0 Å². The molecule has 0 saturated heterocycles. The van der Waals surface area contributed by atoms with Crippen molar-refractivity contribution < 1.29 is 24.4 Å². The van der Waals surface area contributed by atoms with Gasteiger partial charge >= 0.3 is 5.97 Å². The number of carbonyl (C=O) groups is 2. The van der Waals surface area contributed by atoms with Gasteiger partial charge in [0.2, 0.25) is 0 Å². The third-order valence-corrected chi connectivity index (χ3v) is 5.14. The summed E-state index contributed by atoms with van der Waals surface area (Å²) in [5.74, 6) is -0.419. The maximum Gasteiger partial charge on any atom is 0.317 e. The Morgan fingerprint density at radius 3 is 2.63 bits per heavy atom. The topological polar surface area (TPSA) is 122 Å². The summed E-state index contributed by atoms with van der Waals surface area (Å²) in [7, 11) is 1.43. The zero-order chi connectivity index (χ0) is 19.6. The summed E-state index contributed by atoms with van der Waals surface area (Å²) >= 11 is 0. The number of ether oxygens (including phenoxy) is 1. The first-order chi connectivity index (χ1) is 12.9. The molecule has 2 N–H and O–H groups in total. The second kappa shape index (κ2) is 7.91. The molecular formula is C18H23N3O6. The summed E-state index contributed by atoms with van der Waals surface area (Å²) in [6.45, 7) is 0.780. The molecule has 1 aromatic carbocycles. The van der Waals surface area contributed by atoms with Crippen molar-refractivity contribution in [2.75, 3.05) is 20.2 Å². The summed E-state index contributed by atoms with van der Waals surface area (Å²) in [5.41, 5.74) is -0.311. The number of amides is 1. The van der Waals surface area contributed by atoms with Crippen LogP contribution in [0.15, 0.2) is 18.2 Å². The van der Waals surface area contributed by atoms with E-state index in [0.29, 0.717) is 24.5 Å². The van der Waals surface area contributed by atoms with Crippen molar-refractivity contribution in [2.45, 2.75) is 37.8 Å². The molecule has 3 rings (SSSR count). The number of hydrogen-bond donors (Lipinski definition) is 2. The van der Waals surface area contributed by atoms with Crippen molar-refractivity contribution in [3.05, 3.63) is 33.9 Å². The molecule has 2 saturated carbocycles. The fourth-order valence-corrected chi connectivity index (χ4v) is 3.40. The first-order valence-corrected chi connectivity index (χ1v) is 8.96. The molecule has 2 aliphatic rings. The normalized spacial score (nSPS) is 21.4. The number of aliphatic carboxylic acids is 1. The van der Waals surface area contributed by atoms with Crippen LogP contribution in [0.4, 0.5) is 5.69 Å². The van der Waals surface area contributed by atoms with E-state index in [1.165, 1.54) is 25.3 Å². The Morgan fingerprint density at radius 1 is 1.37 bits per heavy atom. The van der Waals surface area contributed by atoms with Gasteiger partial charge in [-0.1, -0.05) is 0 Å². The molecule has 0 spiro atoms. The number of nitro groups is 1. The third kappa shape index (κ3) is 4.73. The van der Waals surface area contributed by atoms with Crippen LogP contribution in [0.2, 0.25) is 0 Å². The lowest BCUT2D eigenvalue weighted by molar-refractivity contribution is -0.385. The minimum atomic E-state index is -0.852. The SMILES string of the molecule is COc1ccc([N+](=O)[O-])c(C(=O)NC2CC(N(CC(=O)O)CC3CC3)C2)c1. The monoisotopic (exact) mass is 377 g/mol. The number of hydrogen-bond acceptors (Lipinski definition) is 6. The number of methoxy groups -OCH3 is 1. The highest BCUT2D eigenvalue weighted by Crippen LogP contribution is 2.34. The summed E-state index contributed by atoms with van der Waals surface area (Å²) in [5, 5.41) is 23.1. The molecule has 0 atom stereocenters. The summed E-state index contributed by atoms with van der Waals surface area (Å²) in [6, 6.07) is 4.04. The van der Waals surface area contributed by atoms with Crippen LogP contribution in [0.5, 0.6) is 5.75 Å². The van der Waals surface area contributed by atoms with E-state index in [0.717, 1.165) is 19.4 Å². The minimum absolute atomic E-state index is 0.00316. The maximum atomic E-state index is 12.5. The first kappa shape index (κ1) is 19.1. The lowest BCUT2D eigenvalue weighted by Gasteiger charge is -2.42. The molecule has 9 nitrogen and oxygen atoms in total. The van der Waals surface area contributed by atoms with Gasteiger partial charge in [0.15, 0.2) is 0 Å². The van der Waals surface area contributed by atoms with Crippen LogP contribution in [0, 0.1) is 16.0 Å². The number of benzene rings is 1. The fourth-order valence-electron chi connectivity index (χ4n) is 3.40. The van der Waals surface area contributed by atoms with Gasteiger partial charge in [-0.25, -0.2) is 0 Å². The number of nitro benzene ring substituents is 1. The minimum Gasteiger partial charge on any atom is -0.497 e. The van der Waals surface area contributed by atoms with Crippen molar-refractivity contribution in [3.63, 3.8) is 0 Å². The van der Waals surface area contributed by atoms with Crippen LogP contribution in [0.25, 0.3) is 0 Å². The Bertz CT molecular complexity index is 743. The molecule has 2 fully saturated rings. The van der Waals surface area contributed by atoms with Gasteiger partial charge in [-0.3, -0.25) is 24.6 Å². The molecule has 0 aliphatic heterocycles. The van der Waals surface area contributed by atoms with E-state index in [9.17, 15) is 19.7 Å². The highest BCUT2D eigenvalue weighted by atomic mass is 16.6. The van der Waals surface area contributed by atoms with E-state index in [4.69, 9.17) is 9.84 Å². The van der Waals surface area contributed by atoms with Gasteiger partial charge in [0.1, 0.15) is 11.3 Å². The van der Waals surface area contributed by atoms with Crippen molar-refractivity contribution in [3.8, 4) is 5.75 Å². The third-order valence-electron chi connectivity index (χ3n) is 5.14. The van der Waals surface area contributed by atoms with Gasteiger partial charge in [0.05, 0.1) is 18.6 Å². The zero-order valence-corrected chi connectivity index (χ0v) is 15.1. The largest absolute Gasteiger partial charge is 0.497 e. The lowest BCUT2D eigenvalue weighted by atomic mass is 9.85. The van der Waals surface area contributed by atoms with E-state index in [1.54, 1.807) is 0 Å². The Labute approximate surface area is 156 Å². The highest BCUT2D eigenvalue weighted by Gasteiger charge is 2.38. The van der Waals surface area contributed by atoms with E-state index in [-0.39, 0.29) is 29.9 Å². The quantitative estimate of drug-likeness (QED) is 0.496. The van der Waals surface area contributed by atoms with Crippen molar-refractivity contribution in [1.82, 2.24) is 10.2 Å². The van der Waals surface area contributed by atoms with Gasteiger partial charge in [0.25, 0.3) is 11.6 Å². The molecule has 0 radical (unpaired) electrons. The van der Waals surface area contributed by atoms with E-state index in [1.807, 2.05) is 4.90 Å². The van der Waals surface area contributed by atoms with Crippen molar-refractivity contribution in [1.29, 1.82) is 0 Å². The van der Waals surface area contributed by atoms with E-state index >= 15 is 0 Å². The second-order valence-electron chi connectivity index (χ2n) is 7.20. The molecular weight excluding hydrogens is 354 g/mol. The van der Waals surface area contributed by atoms with Crippen LogP contribution in [-0.2, 0) is 4.79 Å². The molecule has 0 heterocycles. The average Bonchev–Trinajstić information content (AvgIpc) is 3.39. The number of nitrogens with one attached hydrogen (secondary N) is 1. The predicted octanol–water partition coefficient (Wildman–Crippen LogP) is 1.66. The number of carbonyl (C=O) groups excluding carboxylic acids is 1. The van der Waals surface area contributed by atoms with Crippen LogP contribution < -0.4 is 10.1 Å². The van der Waals surface area contributed by atoms with Gasteiger partial charge in [-0.15, -0.1) is 0 Å². The van der Waals surface area contributed by atoms with Gasteiger partial charge in [-0.05, 0) is 43.7 Å². The molecule has 0 aromatic heterocycles. The lowest BCUT2D eigenvalue weighted by Crippen LogP contribution is -2.55. The van der Waals surface area contributed by atoms with Crippen LogP contribution in [0.1, 0.15) is 36.0 Å². The summed E-state index contributed by atoms with van der Waals surface area (Å²) in [4.78, 5) is 36.1. The molecule has 1 aromatic rings. The number of carboxylic acids is 1. The predicted molar refractivity (Wildman–Crippen MR) is 95.9 cm³/mol. The van der Waals surface area contributed by atoms with E-state index < -0.39 is 16.8 Å². The molecule has 9 heteroatoms. The van der Waals surface area contributed by atoms with Crippen molar-refractivity contribution >= 4 is 17.6 Å². The van der Waals surface area contributed by atoms with Crippen molar-refractivity contribution in [2.24, 2.45) is 5.92 Å². The molecule has 146 valence electrons. The van der Waals surface area contributed by atoms with Crippen LogP contribution >= 0.6 is 0 Å². The van der Waals surface area contributed by atoms with Gasteiger partial charge in [-0.2, -0.15) is 0 Å². The summed E-state index contributed by atoms with van der Waals surface area (Å²) < 4.78 is 5.05. The zero-order valence-electron chi connectivity index (χ0n) is 15.1. The number of rotatable bonds is 9. The van der Waals surface area contributed by atoms with Gasteiger partial charge in [0, 0.05) is 24.7 Å². The number of carboxylic acid groups (broad SMARTS) is 1. The first-order valence-electron chi connectivity index (χ1n) is 8.96. The molecule has 0 unspecified atom stereocenters. The highest BCUT2D eigenvalue weighted by molar-refractivity contribution is 5.98. The average molecular weight is 377 g/mol. The molecule has 27 heavy (non-hydrogen) atoms. The molecule has 2 aliphatic carbocycles. The molecule has 1 amide bonds. The molecule has 0 bridgehead atoms. The maximum absolute atomic E-state index is 12.5. The second-order valence-corrected chi connectivity index (χ2v) is 7.20.